The molecule has 0 aliphatic carbocycles. The van der Waals surface area contributed by atoms with Gasteiger partial charge in [0.15, 0.2) is 0 Å². The predicted octanol–water partition coefficient (Wildman–Crippen LogP) is 3.35. The van der Waals surface area contributed by atoms with Gasteiger partial charge in [0.2, 0.25) is 11.8 Å². The van der Waals surface area contributed by atoms with Crippen LogP contribution in [-0.2, 0) is 19.1 Å². The van der Waals surface area contributed by atoms with Crippen molar-refractivity contribution >= 4 is 35.0 Å². The number of benzene rings is 1. The average molecular weight is 544 g/mol. The Morgan fingerprint density at radius 3 is 2.53 bits per heavy atom. The van der Waals surface area contributed by atoms with Gasteiger partial charge < -0.3 is 24.5 Å². The summed E-state index contributed by atoms with van der Waals surface area (Å²) in [5.74, 6) is -2.48. The maximum atomic E-state index is 14.6. The second-order valence-electron chi connectivity index (χ2n) is 10.9. The van der Waals surface area contributed by atoms with E-state index in [0.717, 1.165) is 5.56 Å². The van der Waals surface area contributed by atoms with E-state index in [-0.39, 0.29) is 30.9 Å². The number of hydrogen-bond acceptors (Lipinski definition) is 5. The van der Waals surface area contributed by atoms with Crippen molar-refractivity contribution < 1.29 is 24.2 Å². The fraction of sp³-hybridized carbons (Fsp3) is 0.552. The number of aryl methyl sites for hydroxylation is 1. The van der Waals surface area contributed by atoms with Crippen LogP contribution in [-0.4, -0.2) is 82.7 Å². The van der Waals surface area contributed by atoms with Gasteiger partial charge in [-0.25, -0.2) is 0 Å². The largest absolute Gasteiger partial charge is 0.394 e. The van der Waals surface area contributed by atoms with Crippen molar-refractivity contribution in [2.24, 2.45) is 11.8 Å². The highest BCUT2D eigenvalue weighted by Gasteiger charge is 2.78. The number of halogens is 1. The number of aliphatic hydroxyl groups excluding tert-OH is 1. The van der Waals surface area contributed by atoms with Gasteiger partial charge in [0.05, 0.1) is 40.8 Å². The van der Waals surface area contributed by atoms with Crippen LogP contribution in [0.2, 0.25) is 5.02 Å². The van der Waals surface area contributed by atoms with Gasteiger partial charge in [0, 0.05) is 20.1 Å². The van der Waals surface area contributed by atoms with Crippen molar-refractivity contribution in [1.82, 2.24) is 9.80 Å². The first kappa shape index (κ1) is 28.3. The van der Waals surface area contributed by atoms with Crippen molar-refractivity contribution in [3.63, 3.8) is 0 Å². The standard InChI is InChI=1S/C29H38ClN3O5/c1-7-15-31(6)25(35)21-22-26(36)33(19(9-3)17-34)24(29(22)14-13-28(21,5)38-29)27(37)32(16-8-2)23-18(4)11-10-12-20(23)30/h7-8,10-12,19,21-22,24,34H,1-2,9,13-17H2,3-6H3/t19-,21-,22-,24?,28+,29?/m0/s1. The highest BCUT2D eigenvalue weighted by Crippen LogP contribution is 2.64. The molecule has 3 saturated heterocycles. The number of likely N-dealkylation sites (N-methyl/N-ethyl adjacent to an activating group) is 1. The number of likely N-dealkylation sites (tertiary alicyclic amines) is 1. The molecular formula is C29H38ClN3O5. The summed E-state index contributed by atoms with van der Waals surface area (Å²) in [6.45, 7) is 13.4. The molecule has 3 aliphatic rings. The molecule has 1 aromatic rings. The number of rotatable bonds is 10. The molecule has 6 atom stereocenters. The van der Waals surface area contributed by atoms with Crippen LogP contribution in [0.3, 0.4) is 0 Å². The lowest BCUT2D eigenvalue weighted by molar-refractivity contribution is -0.151. The predicted molar refractivity (Wildman–Crippen MR) is 147 cm³/mol. The summed E-state index contributed by atoms with van der Waals surface area (Å²) in [5.41, 5.74) is -0.743. The molecule has 9 heteroatoms. The van der Waals surface area contributed by atoms with Crippen LogP contribution in [0, 0.1) is 18.8 Å². The summed E-state index contributed by atoms with van der Waals surface area (Å²) in [6.07, 6.45) is 4.68. The number of nitrogens with zero attached hydrogens (tertiary/aromatic N) is 3. The third kappa shape index (κ3) is 4.08. The van der Waals surface area contributed by atoms with E-state index in [2.05, 4.69) is 13.2 Å². The molecule has 206 valence electrons. The zero-order chi connectivity index (χ0) is 28.0. The van der Waals surface area contributed by atoms with Crippen molar-refractivity contribution in [3.05, 3.63) is 54.1 Å². The van der Waals surface area contributed by atoms with E-state index >= 15 is 0 Å². The van der Waals surface area contributed by atoms with Crippen molar-refractivity contribution in [2.75, 3.05) is 31.6 Å². The number of para-hydroxylation sites is 1. The van der Waals surface area contributed by atoms with Crippen LogP contribution in [0.4, 0.5) is 5.69 Å². The topological polar surface area (TPSA) is 90.4 Å². The number of carbonyl (C=O) groups is 3. The van der Waals surface area contributed by atoms with E-state index < -0.39 is 35.1 Å². The molecule has 2 unspecified atom stereocenters. The Morgan fingerprint density at radius 2 is 1.95 bits per heavy atom. The van der Waals surface area contributed by atoms with Gasteiger partial charge in [-0.3, -0.25) is 14.4 Å². The zero-order valence-electron chi connectivity index (χ0n) is 22.7. The van der Waals surface area contributed by atoms with Gasteiger partial charge in [-0.05, 0) is 44.7 Å². The molecule has 4 rings (SSSR count). The lowest BCUT2D eigenvalue weighted by Gasteiger charge is -2.39. The fourth-order valence-corrected chi connectivity index (χ4v) is 7.20. The van der Waals surface area contributed by atoms with Gasteiger partial charge >= 0.3 is 0 Å². The first-order valence-corrected chi connectivity index (χ1v) is 13.6. The zero-order valence-corrected chi connectivity index (χ0v) is 23.4. The number of hydrogen-bond donors (Lipinski definition) is 1. The molecule has 3 amide bonds. The molecule has 8 nitrogen and oxygen atoms in total. The minimum absolute atomic E-state index is 0.167. The molecule has 3 fully saturated rings. The first-order chi connectivity index (χ1) is 18.0. The minimum Gasteiger partial charge on any atom is -0.394 e. The second-order valence-corrected chi connectivity index (χ2v) is 11.3. The Labute approximate surface area is 229 Å². The lowest BCUT2D eigenvalue weighted by atomic mass is 9.66. The maximum absolute atomic E-state index is 14.6. The number of ether oxygens (including phenoxy) is 1. The lowest BCUT2D eigenvalue weighted by Crippen LogP contribution is -2.59. The SMILES string of the molecule is C=CCN(C)C(=O)[C@@H]1[C@H]2C(=O)N([C@@H](CC)CO)C(C(=O)N(CC=C)c3c(C)cccc3Cl)C23CC[C@@]1(C)O3. The van der Waals surface area contributed by atoms with Gasteiger partial charge in [0.25, 0.3) is 5.91 Å². The molecule has 1 spiro atoms. The highest BCUT2D eigenvalue weighted by molar-refractivity contribution is 6.34. The Hall–Kier alpha value is -2.68. The molecule has 0 saturated carbocycles. The van der Waals surface area contributed by atoms with Gasteiger partial charge in [-0.2, -0.15) is 0 Å². The summed E-state index contributed by atoms with van der Waals surface area (Å²) >= 11 is 6.59. The van der Waals surface area contributed by atoms with Crippen LogP contribution >= 0.6 is 11.6 Å². The van der Waals surface area contributed by atoms with Gasteiger partial charge in [0.1, 0.15) is 11.6 Å². The molecule has 2 bridgehead atoms. The van der Waals surface area contributed by atoms with Crippen molar-refractivity contribution in [2.45, 2.75) is 63.3 Å². The Bertz CT molecular complexity index is 1130. The summed E-state index contributed by atoms with van der Waals surface area (Å²) in [6, 6.07) is 3.77. The third-order valence-corrected chi connectivity index (χ3v) is 8.91. The summed E-state index contributed by atoms with van der Waals surface area (Å²) < 4.78 is 6.71. The third-order valence-electron chi connectivity index (χ3n) is 8.61. The van der Waals surface area contributed by atoms with Gasteiger partial charge in [-0.1, -0.05) is 42.8 Å². The van der Waals surface area contributed by atoms with E-state index in [4.69, 9.17) is 16.3 Å². The number of aliphatic hydroxyl groups is 1. The van der Waals surface area contributed by atoms with E-state index in [9.17, 15) is 19.5 Å². The Balaban J connectivity index is 1.88. The second kappa shape index (κ2) is 10.5. The normalized spacial score (nSPS) is 30.2. The molecule has 3 heterocycles. The van der Waals surface area contributed by atoms with Crippen LogP contribution in [0.25, 0.3) is 0 Å². The van der Waals surface area contributed by atoms with Crippen LogP contribution in [0.15, 0.2) is 43.5 Å². The molecule has 0 aromatic heterocycles. The first-order valence-electron chi connectivity index (χ1n) is 13.2. The molecule has 38 heavy (non-hydrogen) atoms. The van der Waals surface area contributed by atoms with E-state index in [0.29, 0.717) is 36.5 Å². The van der Waals surface area contributed by atoms with Gasteiger partial charge in [-0.15, -0.1) is 13.2 Å². The van der Waals surface area contributed by atoms with Crippen molar-refractivity contribution in [3.8, 4) is 0 Å². The summed E-state index contributed by atoms with van der Waals surface area (Å²) in [5, 5.41) is 10.7. The molecule has 3 aliphatic heterocycles. The number of fused-ring (bicyclic) bond motifs is 1. The smallest absolute Gasteiger partial charge is 0.253 e. The van der Waals surface area contributed by atoms with E-state index in [1.165, 1.54) is 4.90 Å². The Kier molecular flexibility index (Phi) is 7.81. The van der Waals surface area contributed by atoms with E-state index in [1.807, 2.05) is 32.9 Å². The van der Waals surface area contributed by atoms with E-state index in [1.54, 1.807) is 35.1 Å². The summed E-state index contributed by atoms with van der Waals surface area (Å²) in [4.78, 5) is 47.2. The van der Waals surface area contributed by atoms with Crippen LogP contribution in [0.1, 0.15) is 38.7 Å². The average Bonchev–Trinajstić information content (AvgIpc) is 3.44. The highest BCUT2D eigenvalue weighted by atomic mass is 35.5. The minimum atomic E-state index is -1.20. The Morgan fingerprint density at radius 1 is 1.26 bits per heavy atom. The van der Waals surface area contributed by atoms with Crippen molar-refractivity contribution in [1.29, 1.82) is 0 Å². The summed E-state index contributed by atoms with van der Waals surface area (Å²) in [7, 11) is 1.68. The molecule has 1 aromatic carbocycles. The number of anilines is 1. The molecule has 1 N–H and O–H groups in total. The molecule has 0 radical (unpaired) electrons. The monoisotopic (exact) mass is 543 g/mol. The van der Waals surface area contributed by atoms with Crippen LogP contribution < -0.4 is 4.90 Å². The maximum Gasteiger partial charge on any atom is 0.253 e. The van der Waals surface area contributed by atoms with Crippen LogP contribution in [0.5, 0.6) is 0 Å². The number of carbonyl (C=O) groups excluding carboxylic acids is 3. The molecular weight excluding hydrogens is 506 g/mol. The quantitative estimate of drug-likeness (QED) is 0.457. The number of amides is 3. The fourth-order valence-electron chi connectivity index (χ4n) is 6.88.